The van der Waals surface area contributed by atoms with Crippen molar-refractivity contribution in [3.63, 3.8) is 0 Å². The van der Waals surface area contributed by atoms with Gasteiger partial charge < -0.3 is 5.32 Å². The van der Waals surface area contributed by atoms with Gasteiger partial charge in [-0.2, -0.15) is 0 Å². The van der Waals surface area contributed by atoms with Gasteiger partial charge in [-0.05, 0) is 33.6 Å². The van der Waals surface area contributed by atoms with E-state index >= 15 is 0 Å². The maximum Gasteiger partial charge on any atom is 0.00963 e. The number of piperidine rings is 1. The molecule has 0 spiro atoms. The predicted octanol–water partition coefficient (Wildman–Crippen LogP) is 2.49. The lowest BCUT2D eigenvalue weighted by molar-refractivity contribution is 0.101. The number of hydrogen-bond donors (Lipinski definition) is 1. The highest BCUT2D eigenvalue weighted by molar-refractivity contribution is 4.85. The van der Waals surface area contributed by atoms with E-state index in [1.54, 1.807) is 0 Å². The van der Waals surface area contributed by atoms with E-state index < -0.39 is 0 Å². The Morgan fingerprint density at radius 3 is 2.36 bits per heavy atom. The van der Waals surface area contributed by atoms with Crippen LogP contribution in [0.2, 0.25) is 0 Å². The molecule has 0 bridgehead atoms. The van der Waals surface area contributed by atoms with Crippen LogP contribution in [-0.2, 0) is 0 Å². The molecule has 0 saturated carbocycles. The number of likely N-dealkylation sites (tertiary alicyclic amines) is 1. The topological polar surface area (TPSA) is 15.3 Å². The van der Waals surface area contributed by atoms with Crippen LogP contribution in [0.25, 0.3) is 0 Å². The lowest BCUT2D eigenvalue weighted by atomic mass is 9.96. The van der Waals surface area contributed by atoms with Crippen molar-refractivity contribution in [1.29, 1.82) is 0 Å². The Balaban J connectivity index is 0.00000196. The van der Waals surface area contributed by atoms with Crippen molar-refractivity contribution < 1.29 is 1.43 Å². The van der Waals surface area contributed by atoms with Gasteiger partial charge in [0.05, 0.1) is 0 Å². The maximum absolute atomic E-state index is 3.64. The third kappa shape index (κ3) is 3.25. The van der Waals surface area contributed by atoms with E-state index in [0.29, 0.717) is 12.1 Å². The Morgan fingerprint density at radius 1 is 1.29 bits per heavy atom. The molecule has 2 atom stereocenters. The second-order valence-electron chi connectivity index (χ2n) is 5.22. The maximum atomic E-state index is 3.64. The first-order chi connectivity index (χ1) is 6.50. The van der Waals surface area contributed by atoms with Crippen LogP contribution in [0, 0.1) is 0 Å². The molecule has 2 heteroatoms. The standard InChI is InChI=1S/C12H26N2.H2/c1-9(2)13-12-6-7-14(10(3)4)11(5)8-12;/h9-13H,6-8H2,1-5H3;1H. The fraction of sp³-hybridized carbons (Fsp3) is 1.00. The van der Waals surface area contributed by atoms with Gasteiger partial charge in [0.1, 0.15) is 0 Å². The number of hydrogen-bond acceptors (Lipinski definition) is 2. The Kier molecular flexibility index (Phi) is 4.39. The van der Waals surface area contributed by atoms with Crippen molar-refractivity contribution in [3.05, 3.63) is 0 Å². The largest absolute Gasteiger partial charge is 0.312 e. The van der Waals surface area contributed by atoms with Crippen molar-refractivity contribution >= 4 is 0 Å². The van der Waals surface area contributed by atoms with Gasteiger partial charge in [0.15, 0.2) is 0 Å². The number of nitrogens with one attached hydrogen (secondary N) is 1. The predicted molar refractivity (Wildman–Crippen MR) is 64.7 cm³/mol. The molecule has 1 fully saturated rings. The van der Waals surface area contributed by atoms with Gasteiger partial charge in [-0.3, -0.25) is 4.90 Å². The normalized spacial score (nSPS) is 30.2. The van der Waals surface area contributed by atoms with Gasteiger partial charge in [0.2, 0.25) is 0 Å². The molecule has 0 amide bonds. The minimum Gasteiger partial charge on any atom is -0.312 e. The molecular weight excluding hydrogens is 172 g/mol. The lowest BCUT2D eigenvalue weighted by Gasteiger charge is -2.41. The average molecular weight is 200 g/mol. The van der Waals surface area contributed by atoms with Gasteiger partial charge >= 0.3 is 0 Å². The van der Waals surface area contributed by atoms with Crippen LogP contribution in [0.5, 0.6) is 0 Å². The molecule has 1 aliphatic rings. The zero-order chi connectivity index (χ0) is 10.7. The smallest absolute Gasteiger partial charge is 0.00963 e. The summed E-state index contributed by atoms with van der Waals surface area (Å²) in [6.45, 7) is 12.7. The zero-order valence-electron chi connectivity index (χ0n) is 10.4. The van der Waals surface area contributed by atoms with Crippen LogP contribution < -0.4 is 5.32 Å². The quantitative estimate of drug-likeness (QED) is 0.753. The van der Waals surface area contributed by atoms with Gasteiger partial charge in [-0.1, -0.05) is 13.8 Å². The van der Waals surface area contributed by atoms with Gasteiger partial charge in [-0.25, -0.2) is 0 Å². The van der Waals surface area contributed by atoms with Crippen LogP contribution >= 0.6 is 0 Å². The summed E-state index contributed by atoms with van der Waals surface area (Å²) in [6.07, 6.45) is 2.61. The fourth-order valence-corrected chi connectivity index (χ4v) is 2.58. The number of nitrogens with zero attached hydrogens (tertiary/aromatic N) is 1. The molecule has 0 aromatic carbocycles. The van der Waals surface area contributed by atoms with E-state index in [0.717, 1.165) is 12.1 Å². The molecular formula is C12H28N2. The minimum atomic E-state index is 0. The molecule has 1 rings (SSSR count). The minimum absolute atomic E-state index is 0. The summed E-state index contributed by atoms with van der Waals surface area (Å²) in [5.74, 6) is 0. The SMILES string of the molecule is CC(C)NC1CCN(C(C)C)C(C)C1.[HH]. The lowest BCUT2D eigenvalue weighted by Crippen LogP contribution is -2.51. The number of rotatable bonds is 3. The van der Waals surface area contributed by atoms with Crippen molar-refractivity contribution in [2.45, 2.75) is 71.6 Å². The highest BCUT2D eigenvalue weighted by Gasteiger charge is 2.26. The molecule has 86 valence electrons. The Morgan fingerprint density at radius 2 is 1.93 bits per heavy atom. The van der Waals surface area contributed by atoms with E-state index in [1.165, 1.54) is 19.4 Å². The molecule has 2 unspecified atom stereocenters. The molecule has 0 aromatic heterocycles. The van der Waals surface area contributed by atoms with Crippen molar-refractivity contribution in [1.82, 2.24) is 10.2 Å². The first-order valence-electron chi connectivity index (χ1n) is 6.02. The van der Waals surface area contributed by atoms with Crippen LogP contribution in [0.1, 0.15) is 48.9 Å². The molecule has 1 saturated heterocycles. The highest BCUT2D eigenvalue weighted by Crippen LogP contribution is 2.19. The first-order valence-corrected chi connectivity index (χ1v) is 6.02. The summed E-state index contributed by atoms with van der Waals surface area (Å²) in [7, 11) is 0. The van der Waals surface area contributed by atoms with Gasteiger partial charge in [0, 0.05) is 32.1 Å². The Hall–Kier alpha value is -0.0800. The van der Waals surface area contributed by atoms with E-state index in [-0.39, 0.29) is 1.43 Å². The molecule has 1 aliphatic heterocycles. The first kappa shape index (κ1) is 12.0. The molecule has 1 N–H and O–H groups in total. The molecule has 2 nitrogen and oxygen atoms in total. The average Bonchev–Trinajstić information content (AvgIpc) is 2.01. The molecule has 0 aromatic rings. The summed E-state index contributed by atoms with van der Waals surface area (Å²) in [4.78, 5) is 2.61. The van der Waals surface area contributed by atoms with Gasteiger partial charge in [-0.15, -0.1) is 0 Å². The van der Waals surface area contributed by atoms with Crippen LogP contribution in [0.15, 0.2) is 0 Å². The third-order valence-electron chi connectivity index (χ3n) is 3.16. The van der Waals surface area contributed by atoms with Crippen LogP contribution in [0.4, 0.5) is 0 Å². The van der Waals surface area contributed by atoms with E-state index in [9.17, 15) is 0 Å². The van der Waals surface area contributed by atoms with E-state index in [1.807, 2.05) is 0 Å². The summed E-state index contributed by atoms with van der Waals surface area (Å²) >= 11 is 0. The van der Waals surface area contributed by atoms with E-state index in [4.69, 9.17) is 0 Å². The van der Waals surface area contributed by atoms with Crippen molar-refractivity contribution in [3.8, 4) is 0 Å². The van der Waals surface area contributed by atoms with Crippen molar-refractivity contribution in [2.75, 3.05) is 6.54 Å². The summed E-state index contributed by atoms with van der Waals surface area (Å²) < 4.78 is 0. The zero-order valence-corrected chi connectivity index (χ0v) is 10.4. The molecule has 0 radical (unpaired) electrons. The van der Waals surface area contributed by atoms with Crippen LogP contribution in [0.3, 0.4) is 0 Å². The summed E-state index contributed by atoms with van der Waals surface area (Å²) in [5.41, 5.74) is 0. The van der Waals surface area contributed by atoms with Gasteiger partial charge in [0.25, 0.3) is 0 Å². The van der Waals surface area contributed by atoms with Crippen molar-refractivity contribution in [2.24, 2.45) is 0 Å². The molecule has 0 aliphatic carbocycles. The Labute approximate surface area is 90.5 Å². The molecule has 14 heavy (non-hydrogen) atoms. The molecule has 1 heterocycles. The monoisotopic (exact) mass is 200 g/mol. The van der Waals surface area contributed by atoms with E-state index in [2.05, 4.69) is 44.8 Å². The second kappa shape index (κ2) is 5.13. The highest BCUT2D eigenvalue weighted by atomic mass is 15.2. The van der Waals surface area contributed by atoms with Crippen LogP contribution in [-0.4, -0.2) is 35.6 Å². The summed E-state index contributed by atoms with van der Waals surface area (Å²) in [6, 6.07) is 2.79. The summed E-state index contributed by atoms with van der Waals surface area (Å²) in [5, 5.41) is 3.64. The Bertz CT molecular complexity index is 171. The fourth-order valence-electron chi connectivity index (χ4n) is 2.58. The third-order valence-corrected chi connectivity index (χ3v) is 3.16. The second-order valence-corrected chi connectivity index (χ2v) is 5.22.